The highest BCUT2D eigenvalue weighted by molar-refractivity contribution is 5.83. The molecule has 0 aromatic carbocycles. The molecule has 0 aliphatic rings. The second-order valence-corrected chi connectivity index (χ2v) is 5.48. The van der Waals surface area contributed by atoms with Crippen LogP contribution in [-0.4, -0.2) is 29.6 Å². The van der Waals surface area contributed by atoms with Crippen LogP contribution < -0.4 is 11.1 Å². The summed E-state index contributed by atoms with van der Waals surface area (Å²) < 4.78 is 0. The maximum atomic E-state index is 11.6. The van der Waals surface area contributed by atoms with Crippen LogP contribution >= 0.6 is 0 Å². The maximum absolute atomic E-state index is 11.6. The Kier molecular flexibility index (Phi) is 6.80. The van der Waals surface area contributed by atoms with Crippen LogP contribution in [0.1, 0.15) is 46.5 Å². The monoisotopic (exact) mass is 244 g/mol. The Hall–Kier alpha value is -1.10. The Labute approximate surface area is 103 Å². The predicted octanol–water partition coefficient (Wildman–Crippen LogP) is 1.12. The summed E-state index contributed by atoms with van der Waals surface area (Å²) in [5, 5.41) is 11.5. The van der Waals surface area contributed by atoms with E-state index >= 15 is 0 Å². The van der Waals surface area contributed by atoms with Crippen LogP contribution in [0.3, 0.4) is 0 Å². The van der Waals surface area contributed by atoms with E-state index < -0.39 is 12.0 Å². The molecular weight excluding hydrogens is 220 g/mol. The molecule has 0 fully saturated rings. The van der Waals surface area contributed by atoms with Gasteiger partial charge in [-0.15, -0.1) is 0 Å². The number of amides is 1. The number of hydrogen-bond donors (Lipinski definition) is 3. The molecule has 0 saturated carbocycles. The molecule has 0 bridgehead atoms. The van der Waals surface area contributed by atoms with Crippen LogP contribution in [0.25, 0.3) is 0 Å². The number of carboxylic acid groups (broad SMARTS) is 1. The van der Waals surface area contributed by atoms with Crippen molar-refractivity contribution in [2.24, 2.45) is 11.1 Å². The zero-order valence-electron chi connectivity index (χ0n) is 11.0. The highest BCUT2D eigenvalue weighted by Crippen LogP contribution is 2.18. The first kappa shape index (κ1) is 15.9. The van der Waals surface area contributed by atoms with Gasteiger partial charge in [0.15, 0.2) is 0 Å². The van der Waals surface area contributed by atoms with Gasteiger partial charge in [-0.1, -0.05) is 20.8 Å². The van der Waals surface area contributed by atoms with E-state index in [0.29, 0.717) is 25.8 Å². The van der Waals surface area contributed by atoms with Gasteiger partial charge < -0.3 is 16.2 Å². The van der Waals surface area contributed by atoms with Gasteiger partial charge in [0.25, 0.3) is 0 Å². The largest absolute Gasteiger partial charge is 0.480 e. The van der Waals surface area contributed by atoms with E-state index in [0.717, 1.165) is 6.42 Å². The number of carboxylic acids is 1. The van der Waals surface area contributed by atoms with Crippen LogP contribution in [0.15, 0.2) is 0 Å². The van der Waals surface area contributed by atoms with Crippen molar-refractivity contribution >= 4 is 11.9 Å². The first-order chi connectivity index (χ1) is 7.76. The minimum Gasteiger partial charge on any atom is -0.480 e. The average Bonchev–Trinajstić information content (AvgIpc) is 2.13. The molecule has 0 heterocycles. The normalized spacial score (nSPS) is 13.2. The van der Waals surface area contributed by atoms with Crippen LogP contribution in [0, 0.1) is 5.41 Å². The fourth-order valence-corrected chi connectivity index (χ4v) is 1.48. The van der Waals surface area contributed by atoms with Crippen molar-refractivity contribution in [3.05, 3.63) is 0 Å². The van der Waals surface area contributed by atoms with Crippen LogP contribution in [0.5, 0.6) is 0 Å². The molecule has 0 aromatic heterocycles. The molecule has 0 unspecified atom stereocenters. The molecule has 5 nitrogen and oxygen atoms in total. The van der Waals surface area contributed by atoms with E-state index in [9.17, 15) is 9.59 Å². The minimum atomic E-state index is -0.982. The van der Waals surface area contributed by atoms with Gasteiger partial charge in [0.2, 0.25) is 5.91 Å². The highest BCUT2D eigenvalue weighted by Gasteiger charge is 2.22. The first-order valence-corrected chi connectivity index (χ1v) is 5.98. The third-order valence-corrected chi connectivity index (χ3v) is 2.27. The van der Waals surface area contributed by atoms with Crippen molar-refractivity contribution in [2.75, 3.05) is 6.54 Å². The number of unbranched alkanes of at least 4 members (excludes halogenated alkanes) is 1. The van der Waals surface area contributed by atoms with Crippen molar-refractivity contribution in [1.29, 1.82) is 0 Å². The summed E-state index contributed by atoms with van der Waals surface area (Å²) in [6.07, 6.45) is 2.25. The topological polar surface area (TPSA) is 92.4 Å². The van der Waals surface area contributed by atoms with Crippen molar-refractivity contribution in [1.82, 2.24) is 5.32 Å². The Balaban J connectivity index is 4.16. The number of carbonyl (C=O) groups is 2. The molecule has 17 heavy (non-hydrogen) atoms. The van der Waals surface area contributed by atoms with E-state index in [1.54, 1.807) is 0 Å². The van der Waals surface area contributed by atoms with E-state index in [4.69, 9.17) is 10.8 Å². The predicted molar refractivity (Wildman–Crippen MR) is 66.5 cm³/mol. The Morgan fingerprint density at radius 1 is 1.29 bits per heavy atom. The van der Waals surface area contributed by atoms with Gasteiger partial charge in [-0.25, -0.2) is 4.79 Å². The quantitative estimate of drug-likeness (QED) is 0.585. The smallest absolute Gasteiger partial charge is 0.326 e. The fourth-order valence-electron chi connectivity index (χ4n) is 1.48. The molecular formula is C12H24N2O3. The SMILES string of the molecule is CC(C)(C)CC(=O)N[C@@H](CCCCN)C(=O)O. The van der Waals surface area contributed by atoms with Crippen molar-refractivity contribution in [3.63, 3.8) is 0 Å². The summed E-state index contributed by atoms with van der Waals surface area (Å²) >= 11 is 0. The molecule has 4 N–H and O–H groups in total. The fraction of sp³-hybridized carbons (Fsp3) is 0.833. The summed E-state index contributed by atoms with van der Waals surface area (Å²) in [4.78, 5) is 22.6. The van der Waals surface area contributed by atoms with Crippen molar-refractivity contribution in [2.45, 2.75) is 52.5 Å². The van der Waals surface area contributed by atoms with Crippen molar-refractivity contribution < 1.29 is 14.7 Å². The number of rotatable bonds is 7. The van der Waals surface area contributed by atoms with Gasteiger partial charge in [-0.2, -0.15) is 0 Å². The molecule has 5 heteroatoms. The molecule has 0 radical (unpaired) electrons. The van der Waals surface area contributed by atoms with E-state index in [1.807, 2.05) is 20.8 Å². The zero-order chi connectivity index (χ0) is 13.5. The summed E-state index contributed by atoms with van der Waals surface area (Å²) in [5.41, 5.74) is 5.21. The lowest BCUT2D eigenvalue weighted by Gasteiger charge is -2.20. The minimum absolute atomic E-state index is 0.135. The van der Waals surface area contributed by atoms with Gasteiger partial charge in [0, 0.05) is 6.42 Å². The molecule has 0 spiro atoms. The number of nitrogens with two attached hydrogens (primary N) is 1. The summed E-state index contributed by atoms with van der Waals surface area (Å²) in [5.74, 6) is -1.19. The van der Waals surface area contributed by atoms with Crippen LogP contribution in [0.2, 0.25) is 0 Å². The highest BCUT2D eigenvalue weighted by atomic mass is 16.4. The van der Waals surface area contributed by atoms with E-state index in [2.05, 4.69) is 5.32 Å². The van der Waals surface area contributed by atoms with Gasteiger partial charge in [-0.05, 0) is 31.2 Å². The third kappa shape index (κ3) is 8.68. The molecule has 1 amide bonds. The molecule has 0 saturated heterocycles. The Morgan fingerprint density at radius 2 is 1.88 bits per heavy atom. The maximum Gasteiger partial charge on any atom is 0.326 e. The standard InChI is InChI=1S/C12H24N2O3/c1-12(2,3)8-10(15)14-9(11(16)17)6-4-5-7-13/h9H,4-8,13H2,1-3H3,(H,14,15)(H,16,17)/t9-/m0/s1. The lowest BCUT2D eigenvalue weighted by Crippen LogP contribution is -2.42. The van der Waals surface area contributed by atoms with Gasteiger partial charge in [-0.3, -0.25) is 4.79 Å². The second kappa shape index (κ2) is 7.27. The Morgan fingerprint density at radius 3 is 2.29 bits per heavy atom. The lowest BCUT2D eigenvalue weighted by atomic mass is 9.92. The first-order valence-electron chi connectivity index (χ1n) is 5.98. The average molecular weight is 244 g/mol. The molecule has 0 aliphatic carbocycles. The number of aliphatic carboxylic acids is 1. The number of nitrogens with one attached hydrogen (secondary N) is 1. The summed E-state index contributed by atoms with van der Waals surface area (Å²) in [6, 6.07) is -0.795. The number of hydrogen-bond acceptors (Lipinski definition) is 3. The molecule has 0 rings (SSSR count). The molecule has 1 atom stereocenters. The zero-order valence-corrected chi connectivity index (χ0v) is 11.0. The summed E-state index contributed by atoms with van der Waals surface area (Å²) in [7, 11) is 0. The second-order valence-electron chi connectivity index (χ2n) is 5.48. The van der Waals surface area contributed by atoms with Crippen LogP contribution in [0.4, 0.5) is 0 Å². The number of carbonyl (C=O) groups excluding carboxylic acids is 1. The Bertz CT molecular complexity index is 259. The van der Waals surface area contributed by atoms with Gasteiger partial charge in [0.1, 0.15) is 6.04 Å². The molecule has 100 valence electrons. The van der Waals surface area contributed by atoms with Crippen LogP contribution in [-0.2, 0) is 9.59 Å². The van der Waals surface area contributed by atoms with Gasteiger partial charge >= 0.3 is 5.97 Å². The van der Waals surface area contributed by atoms with Crippen molar-refractivity contribution in [3.8, 4) is 0 Å². The van der Waals surface area contributed by atoms with E-state index in [-0.39, 0.29) is 11.3 Å². The molecule has 0 aromatic rings. The molecule has 0 aliphatic heterocycles. The van der Waals surface area contributed by atoms with E-state index in [1.165, 1.54) is 0 Å². The summed E-state index contributed by atoms with van der Waals surface area (Å²) in [6.45, 7) is 6.37. The van der Waals surface area contributed by atoms with Gasteiger partial charge in [0.05, 0.1) is 0 Å². The third-order valence-electron chi connectivity index (χ3n) is 2.27. The lowest BCUT2D eigenvalue weighted by molar-refractivity contribution is -0.142.